The van der Waals surface area contributed by atoms with Crippen LogP contribution in [0.25, 0.3) is 10.9 Å². The highest BCUT2D eigenvalue weighted by Crippen LogP contribution is 2.18. The molecule has 1 atom stereocenters. The molecule has 20 heavy (non-hydrogen) atoms. The van der Waals surface area contributed by atoms with Gasteiger partial charge in [-0.05, 0) is 13.0 Å². The summed E-state index contributed by atoms with van der Waals surface area (Å²) in [5, 5.41) is 3.35. The van der Waals surface area contributed by atoms with E-state index in [4.69, 9.17) is 4.74 Å². The number of aromatic nitrogens is 1. The van der Waals surface area contributed by atoms with Gasteiger partial charge in [0.25, 0.3) is 5.91 Å². The number of ether oxygens (including phenoxy) is 1. The monoisotopic (exact) mass is 272 g/mol. The van der Waals surface area contributed by atoms with Crippen LogP contribution in [0, 0.1) is 0 Å². The standard InChI is InChI=1S/C15H16N2O3/c1-3-8-16-14(18)10(2)20-15(19)12-9-17-13-7-5-4-6-11(12)13/h3-7,9-10,17H,1,8H2,2H3,(H,16,18)/t10-/m0/s1. The van der Waals surface area contributed by atoms with Gasteiger partial charge in [-0.25, -0.2) is 4.79 Å². The summed E-state index contributed by atoms with van der Waals surface area (Å²) in [6, 6.07) is 7.41. The number of amides is 1. The van der Waals surface area contributed by atoms with E-state index in [1.54, 1.807) is 12.3 Å². The maximum Gasteiger partial charge on any atom is 0.341 e. The third-order valence-corrected chi connectivity index (χ3v) is 2.88. The van der Waals surface area contributed by atoms with E-state index in [0.717, 1.165) is 10.9 Å². The molecule has 1 amide bonds. The van der Waals surface area contributed by atoms with E-state index in [2.05, 4.69) is 16.9 Å². The minimum atomic E-state index is -0.851. The van der Waals surface area contributed by atoms with Crippen molar-refractivity contribution in [2.75, 3.05) is 6.54 Å². The van der Waals surface area contributed by atoms with Crippen LogP contribution >= 0.6 is 0 Å². The van der Waals surface area contributed by atoms with Gasteiger partial charge in [-0.3, -0.25) is 4.79 Å². The zero-order valence-electron chi connectivity index (χ0n) is 11.2. The van der Waals surface area contributed by atoms with Gasteiger partial charge in [-0.2, -0.15) is 0 Å². The first-order chi connectivity index (χ1) is 9.63. The van der Waals surface area contributed by atoms with Gasteiger partial charge in [0.15, 0.2) is 6.10 Å². The Balaban J connectivity index is 2.08. The van der Waals surface area contributed by atoms with Crippen molar-refractivity contribution in [1.29, 1.82) is 0 Å². The molecule has 1 aromatic carbocycles. The summed E-state index contributed by atoms with van der Waals surface area (Å²) in [4.78, 5) is 26.7. The lowest BCUT2D eigenvalue weighted by Crippen LogP contribution is -2.35. The Hall–Kier alpha value is -2.56. The van der Waals surface area contributed by atoms with Crippen molar-refractivity contribution in [2.24, 2.45) is 0 Å². The number of hydrogen-bond acceptors (Lipinski definition) is 3. The fourth-order valence-electron chi connectivity index (χ4n) is 1.83. The molecule has 5 heteroatoms. The highest BCUT2D eigenvalue weighted by molar-refractivity contribution is 6.04. The molecule has 0 aliphatic heterocycles. The Morgan fingerprint density at radius 2 is 2.20 bits per heavy atom. The van der Waals surface area contributed by atoms with Gasteiger partial charge in [0.1, 0.15) is 0 Å². The van der Waals surface area contributed by atoms with E-state index < -0.39 is 12.1 Å². The number of esters is 1. The van der Waals surface area contributed by atoms with Crippen molar-refractivity contribution >= 4 is 22.8 Å². The Morgan fingerprint density at radius 3 is 2.95 bits per heavy atom. The summed E-state index contributed by atoms with van der Waals surface area (Å²) >= 11 is 0. The smallest absolute Gasteiger partial charge is 0.341 e. The van der Waals surface area contributed by atoms with Crippen LogP contribution in [0.2, 0.25) is 0 Å². The van der Waals surface area contributed by atoms with Crippen molar-refractivity contribution in [3.8, 4) is 0 Å². The van der Waals surface area contributed by atoms with Gasteiger partial charge in [0.05, 0.1) is 5.56 Å². The third kappa shape index (κ3) is 2.88. The lowest BCUT2D eigenvalue weighted by molar-refractivity contribution is -0.128. The predicted molar refractivity (Wildman–Crippen MR) is 76.4 cm³/mol. The number of rotatable bonds is 5. The van der Waals surface area contributed by atoms with E-state index in [1.807, 2.05) is 24.3 Å². The molecule has 0 saturated heterocycles. The number of hydrogen-bond donors (Lipinski definition) is 2. The number of aromatic amines is 1. The molecule has 0 aliphatic carbocycles. The second-order valence-electron chi connectivity index (χ2n) is 4.33. The number of para-hydroxylation sites is 1. The lowest BCUT2D eigenvalue weighted by atomic mass is 10.2. The molecule has 1 aromatic heterocycles. The van der Waals surface area contributed by atoms with Crippen molar-refractivity contribution in [3.63, 3.8) is 0 Å². The maximum atomic E-state index is 12.1. The van der Waals surface area contributed by atoms with E-state index in [1.165, 1.54) is 6.92 Å². The summed E-state index contributed by atoms with van der Waals surface area (Å²) in [6.45, 7) is 5.38. The highest BCUT2D eigenvalue weighted by Gasteiger charge is 2.20. The molecule has 5 nitrogen and oxygen atoms in total. The Labute approximate surface area is 116 Å². The summed E-state index contributed by atoms with van der Waals surface area (Å²) < 4.78 is 5.16. The van der Waals surface area contributed by atoms with Crippen molar-refractivity contribution in [3.05, 3.63) is 48.7 Å². The average molecular weight is 272 g/mol. The normalized spacial score (nSPS) is 11.8. The molecule has 0 bridgehead atoms. The van der Waals surface area contributed by atoms with Crippen LogP contribution < -0.4 is 5.32 Å². The minimum Gasteiger partial charge on any atom is -0.449 e. The zero-order chi connectivity index (χ0) is 14.5. The zero-order valence-corrected chi connectivity index (χ0v) is 11.2. The van der Waals surface area contributed by atoms with Gasteiger partial charge in [0, 0.05) is 23.6 Å². The van der Waals surface area contributed by atoms with Crippen LogP contribution in [0.3, 0.4) is 0 Å². The van der Waals surface area contributed by atoms with E-state index >= 15 is 0 Å². The molecule has 0 fully saturated rings. The largest absolute Gasteiger partial charge is 0.449 e. The molecule has 2 rings (SSSR count). The van der Waals surface area contributed by atoms with Crippen LogP contribution in [-0.2, 0) is 9.53 Å². The van der Waals surface area contributed by atoms with Crippen LogP contribution in [0.1, 0.15) is 17.3 Å². The van der Waals surface area contributed by atoms with Crippen molar-refractivity contribution in [1.82, 2.24) is 10.3 Å². The molecule has 0 aliphatic rings. The first kappa shape index (κ1) is 13.9. The summed E-state index contributed by atoms with van der Waals surface area (Å²) in [5.74, 6) is -0.873. The number of carbonyl (C=O) groups excluding carboxylic acids is 2. The van der Waals surface area contributed by atoms with E-state index in [-0.39, 0.29) is 5.91 Å². The summed E-state index contributed by atoms with van der Waals surface area (Å²) in [7, 11) is 0. The van der Waals surface area contributed by atoms with Crippen molar-refractivity contribution < 1.29 is 14.3 Å². The lowest BCUT2D eigenvalue weighted by Gasteiger charge is -2.12. The number of carbonyl (C=O) groups is 2. The van der Waals surface area contributed by atoms with Crippen molar-refractivity contribution in [2.45, 2.75) is 13.0 Å². The minimum absolute atomic E-state index is 0.341. The number of nitrogens with one attached hydrogen (secondary N) is 2. The van der Waals surface area contributed by atoms with Crippen LogP contribution in [-0.4, -0.2) is 29.5 Å². The molecule has 2 aromatic rings. The topological polar surface area (TPSA) is 71.2 Å². The van der Waals surface area contributed by atoms with E-state index in [0.29, 0.717) is 12.1 Å². The van der Waals surface area contributed by atoms with Crippen LogP contribution in [0.4, 0.5) is 0 Å². The van der Waals surface area contributed by atoms with Gasteiger partial charge >= 0.3 is 5.97 Å². The first-order valence-electron chi connectivity index (χ1n) is 6.29. The summed E-state index contributed by atoms with van der Waals surface area (Å²) in [6.07, 6.45) is 2.30. The second kappa shape index (κ2) is 6.06. The molecule has 0 saturated carbocycles. The number of fused-ring (bicyclic) bond motifs is 1. The number of benzene rings is 1. The van der Waals surface area contributed by atoms with Crippen LogP contribution in [0.15, 0.2) is 43.1 Å². The average Bonchev–Trinajstić information content (AvgIpc) is 2.88. The predicted octanol–water partition coefficient (Wildman–Crippen LogP) is 2.02. The number of H-pyrrole nitrogens is 1. The Morgan fingerprint density at radius 1 is 1.45 bits per heavy atom. The molecule has 1 heterocycles. The Kier molecular flexibility index (Phi) is 4.20. The van der Waals surface area contributed by atoms with Crippen LogP contribution in [0.5, 0.6) is 0 Å². The third-order valence-electron chi connectivity index (χ3n) is 2.88. The fraction of sp³-hybridized carbons (Fsp3) is 0.200. The highest BCUT2D eigenvalue weighted by atomic mass is 16.5. The van der Waals surface area contributed by atoms with Gasteiger partial charge in [-0.15, -0.1) is 6.58 Å². The fourth-order valence-corrected chi connectivity index (χ4v) is 1.83. The van der Waals surface area contributed by atoms with E-state index in [9.17, 15) is 9.59 Å². The Bertz CT molecular complexity index is 645. The SMILES string of the molecule is C=CCNC(=O)[C@H](C)OC(=O)c1c[nH]c2ccccc12. The molecule has 2 N–H and O–H groups in total. The van der Waals surface area contributed by atoms with Gasteiger partial charge in [0.2, 0.25) is 0 Å². The molecule has 0 unspecified atom stereocenters. The molecule has 0 radical (unpaired) electrons. The molecule has 104 valence electrons. The maximum absolute atomic E-state index is 12.1. The van der Waals surface area contributed by atoms with Gasteiger partial charge in [-0.1, -0.05) is 24.3 Å². The van der Waals surface area contributed by atoms with Gasteiger partial charge < -0.3 is 15.0 Å². The molecular formula is C15H16N2O3. The molecular weight excluding hydrogens is 256 g/mol. The first-order valence-corrected chi connectivity index (χ1v) is 6.29. The molecule has 0 spiro atoms. The quantitative estimate of drug-likeness (QED) is 0.646. The second-order valence-corrected chi connectivity index (χ2v) is 4.33. The summed E-state index contributed by atoms with van der Waals surface area (Å²) in [5.41, 5.74) is 1.27.